The maximum absolute atomic E-state index is 12.8. The number of anilines is 2. The van der Waals surface area contributed by atoms with Gasteiger partial charge in [0.2, 0.25) is 0 Å². The Labute approximate surface area is 185 Å². The molecule has 0 aliphatic carbocycles. The van der Waals surface area contributed by atoms with Crippen LogP contribution in [0.2, 0.25) is 0 Å². The van der Waals surface area contributed by atoms with Gasteiger partial charge in [0, 0.05) is 22.5 Å². The van der Waals surface area contributed by atoms with Gasteiger partial charge in [-0.2, -0.15) is 0 Å². The van der Waals surface area contributed by atoms with Gasteiger partial charge in [-0.15, -0.1) is 11.3 Å². The lowest BCUT2D eigenvalue weighted by Crippen LogP contribution is -2.13. The lowest BCUT2D eigenvalue weighted by atomic mass is 10.1. The number of amides is 1. The molecule has 0 aliphatic heterocycles. The molecule has 3 N–H and O–H groups in total. The topological polar surface area (TPSA) is 77.2 Å². The molecule has 0 spiro atoms. The molecule has 0 atom stereocenters. The van der Waals surface area contributed by atoms with Crippen molar-refractivity contribution in [1.82, 2.24) is 4.98 Å². The van der Waals surface area contributed by atoms with Crippen LogP contribution in [0.3, 0.4) is 0 Å². The Morgan fingerprint density at radius 2 is 2.03 bits per heavy atom. The third-order valence-electron chi connectivity index (χ3n) is 5.04. The Bertz CT molecular complexity index is 1190. The Kier molecular flexibility index (Phi) is 6.48. The zero-order valence-corrected chi connectivity index (χ0v) is 18.2. The van der Waals surface area contributed by atoms with Gasteiger partial charge >= 0.3 is 0 Å². The summed E-state index contributed by atoms with van der Waals surface area (Å²) in [6, 6.07) is 17.3. The largest absolute Gasteiger partial charge is 0.494 e. The number of nitrogens with two attached hydrogens (primary N) is 1. The number of carbonyl (C=O) groups excluding carboxylic acids is 1. The molecular formula is C25H25N3O2S. The highest BCUT2D eigenvalue weighted by molar-refractivity contribution is 7.13. The van der Waals surface area contributed by atoms with Crippen LogP contribution in [0.15, 0.2) is 66.2 Å². The fraction of sp³-hybridized carbons (Fsp3) is 0.200. The summed E-state index contributed by atoms with van der Waals surface area (Å²) >= 11 is 1.64. The van der Waals surface area contributed by atoms with E-state index in [1.807, 2.05) is 60.0 Å². The number of benzene rings is 2. The summed E-state index contributed by atoms with van der Waals surface area (Å²) in [6.07, 6.45) is 4.94. The number of hydrogen-bond donors (Lipinski definition) is 2. The van der Waals surface area contributed by atoms with Gasteiger partial charge in [-0.25, -0.2) is 0 Å². The summed E-state index contributed by atoms with van der Waals surface area (Å²) in [5.41, 5.74) is 9.49. The van der Waals surface area contributed by atoms with E-state index in [1.165, 1.54) is 0 Å². The van der Waals surface area contributed by atoms with Crippen molar-refractivity contribution in [2.45, 2.75) is 26.2 Å². The number of fused-ring (bicyclic) bond motifs is 1. The number of hydrogen-bond acceptors (Lipinski definition) is 5. The maximum atomic E-state index is 12.8. The molecule has 2 heterocycles. The molecule has 2 aromatic carbocycles. The van der Waals surface area contributed by atoms with Gasteiger partial charge in [0.25, 0.3) is 5.91 Å². The third-order valence-corrected chi connectivity index (χ3v) is 5.96. The molecule has 4 rings (SSSR count). The van der Waals surface area contributed by atoms with Crippen LogP contribution in [-0.4, -0.2) is 17.5 Å². The van der Waals surface area contributed by atoms with Gasteiger partial charge in [-0.05, 0) is 53.8 Å². The van der Waals surface area contributed by atoms with E-state index in [0.717, 1.165) is 46.4 Å². The number of nitrogen functional groups attached to an aromatic ring is 1. The lowest BCUT2D eigenvalue weighted by Gasteiger charge is -2.11. The number of ether oxygens (including phenoxy) is 1. The fourth-order valence-corrected chi connectivity index (χ4v) is 4.04. The molecule has 0 fully saturated rings. The predicted octanol–water partition coefficient (Wildman–Crippen LogP) is 6.37. The number of rotatable bonds is 8. The van der Waals surface area contributed by atoms with Crippen molar-refractivity contribution < 1.29 is 9.53 Å². The number of thiophene rings is 1. The first-order valence-corrected chi connectivity index (χ1v) is 11.3. The SMILES string of the molecule is CCCCCOc1ccc2cc(C(=O)Nc3cc(-c4cccs4)ccc3N)cnc2c1. The summed E-state index contributed by atoms with van der Waals surface area (Å²) in [4.78, 5) is 18.4. The minimum absolute atomic E-state index is 0.246. The zero-order chi connectivity index (χ0) is 21.6. The average Bonchev–Trinajstić information content (AvgIpc) is 3.33. The quantitative estimate of drug-likeness (QED) is 0.251. The van der Waals surface area contributed by atoms with Gasteiger partial charge in [0.15, 0.2) is 0 Å². The van der Waals surface area contributed by atoms with E-state index in [-0.39, 0.29) is 5.91 Å². The van der Waals surface area contributed by atoms with Crippen molar-refractivity contribution in [1.29, 1.82) is 0 Å². The second-order valence-electron chi connectivity index (χ2n) is 7.37. The van der Waals surface area contributed by atoms with Gasteiger partial charge in [-0.1, -0.05) is 31.9 Å². The molecule has 6 heteroatoms. The van der Waals surface area contributed by atoms with Crippen molar-refractivity contribution in [2.24, 2.45) is 0 Å². The van der Waals surface area contributed by atoms with E-state index in [9.17, 15) is 4.79 Å². The van der Waals surface area contributed by atoms with Crippen LogP contribution in [0.4, 0.5) is 11.4 Å². The second-order valence-corrected chi connectivity index (χ2v) is 8.32. The smallest absolute Gasteiger partial charge is 0.257 e. The van der Waals surface area contributed by atoms with Gasteiger partial charge in [0.05, 0.1) is 29.1 Å². The minimum atomic E-state index is -0.246. The number of carbonyl (C=O) groups is 1. The van der Waals surface area contributed by atoms with Gasteiger partial charge in [-0.3, -0.25) is 9.78 Å². The highest BCUT2D eigenvalue weighted by Gasteiger charge is 2.12. The standard InChI is InChI=1S/C25H25N3O2S/c1-2-3-4-11-30-20-9-7-17-13-19(16-27-22(17)15-20)25(29)28-23-14-18(8-10-21(23)26)24-6-5-12-31-24/h5-10,12-16H,2-4,11,26H2,1H3,(H,28,29). The lowest BCUT2D eigenvalue weighted by molar-refractivity contribution is 0.102. The molecule has 0 saturated carbocycles. The monoisotopic (exact) mass is 431 g/mol. The number of unbranched alkanes of at least 4 members (excludes halogenated alkanes) is 2. The summed E-state index contributed by atoms with van der Waals surface area (Å²) in [7, 11) is 0. The zero-order valence-electron chi connectivity index (χ0n) is 17.4. The van der Waals surface area contributed by atoms with Gasteiger partial charge in [0.1, 0.15) is 5.75 Å². The summed E-state index contributed by atoms with van der Waals surface area (Å²) < 4.78 is 5.80. The number of aromatic nitrogens is 1. The van der Waals surface area contributed by atoms with Crippen molar-refractivity contribution in [3.63, 3.8) is 0 Å². The van der Waals surface area contributed by atoms with E-state index in [1.54, 1.807) is 17.5 Å². The molecule has 158 valence electrons. The van der Waals surface area contributed by atoms with Crippen LogP contribution in [0, 0.1) is 0 Å². The first-order chi connectivity index (χ1) is 15.1. The number of nitrogens with zero attached hydrogens (tertiary/aromatic N) is 1. The predicted molar refractivity (Wildman–Crippen MR) is 129 cm³/mol. The van der Waals surface area contributed by atoms with Gasteiger partial charge < -0.3 is 15.8 Å². The summed E-state index contributed by atoms with van der Waals surface area (Å²) in [6.45, 7) is 2.87. The molecular weight excluding hydrogens is 406 g/mol. The highest BCUT2D eigenvalue weighted by Crippen LogP contribution is 2.30. The Morgan fingerprint density at radius 3 is 2.84 bits per heavy atom. The van der Waals surface area contributed by atoms with Crippen molar-refractivity contribution >= 4 is 39.5 Å². The van der Waals surface area contributed by atoms with Crippen molar-refractivity contribution in [2.75, 3.05) is 17.7 Å². The molecule has 1 amide bonds. The van der Waals surface area contributed by atoms with E-state index in [4.69, 9.17) is 10.5 Å². The molecule has 0 unspecified atom stereocenters. The fourth-order valence-electron chi connectivity index (χ4n) is 3.31. The van der Waals surface area contributed by atoms with Crippen LogP contribution in [0.1, 0.15) is 36.5 Å². The number of pyridine rings is 1. The number of nitrogens with one attached hydrogen (secondary N) is 1. The van der Waals surface area contributed by atoms with Crippen molar-refractivity contribution in [3.05, 3.63) is 71.7 Å². The van der Waals surface area contributed by atoms with Crippen molar-refractivity contribution in [3.8, 4) is 16.2 Å². The van der Waals surface area contributed by atoms with Crippen LogP contribution >= 0.6 is 11.3 Å². The molecule has 0 saturated heterocycles. The van der Waals surface area contributed by atoms with E-state index >= 15 is 0 Å². The molecule has 0 aliphatic rings. The van der Waals surface area contributed by atoms with E-state index in [2.05, 4.69) is 17.2 Å². The Hall–Kier alpha value is -3.38. The van der Waals surface area contributed by atoms with Crippen LogP contribution < -0.4 is 15.8 Å². The summed E-state index contributed by atoms with van der Waals surface area (Å²) in [5, 5.41) is 5.82. The highest BCUT2D eigenvalue weighted by atomic mass is 32.1. The molecule has 31 heavy (non-hydrogen) atoms. The average molecular weight is 432 g/mol. The maximum Gasteiger partial charge on any atom is 0.257 e. The van der Waals surface area contributed by atoms with E-state index < -0.39 is 0 Å². The van der Waals surface area contributed by atoms with Crippen LogP contribution in [-0.2, 0) is 0 Å². The van der Waals surface area contributed by atoms with Crippen LogP contribution in [0.25, 0.3) is 21.3 Å². The normalized spacial score (nSPS) is 10.9. The minimum Gasteiger partial charge on any atom is -0.494 e. The second kappa shape index (κ2) is 9.62. The first kappa shape index (κ1) is 20.9. The first-order valence-electron chi connectivity index (χ1n) is 10.4. The molecule has 2 aromatic heterocycles. The molecule has 0 bridgehead atoms. The Balaban J connectivity index is 1.50. The molecule has 0 radical (unpaired) electrons. The molecule has 5 nitrogen and oxygen atoms in total. The van der Waals surface area contributed by atoms with E-state index in [0.29, 0.717) is 23.5 Å². The third kappa shape index (κ3) is 5.03. The van der Waals surface area contributed by atoms with Crippen LogP contribution in [0.5, 0.6) is 5.75 Å². The summed E-state index contributed by atoms with van der Waals surface area (Å²) in [5.74, 6) is 0.552. The molecule has 4 aromatic rings. The Morgan fingerprint density at radius 1 is 1.13 bits per heavy atom.